The number of rotatable bonds is 2. The van der Waals surface area contributed by atoms with Crippen LogP contribution in [0.5, 0.6) is 0 Å². The average Bonchev–Trinajstić information content (AvgIpc) is 2.80. The van der Waals surface area contributed by atoms with Crippen molar-refractivity contribution in [3.63, 3.8) is 0 Å². The molecule has 1 N–H and O–H groups in total. The fourth-order valence-corrected chi connectivity index (χ4v) is 2.89. The Morgan fingerprint density at radius 1 is 0.941 bits per heavy atom. The van der Waals surface area contributed by atoms with Crippen LogP contribution in [0.2, 0.25) is 0 Å². The minimum atomic E-state index is 0.340. The molecule has 2 heteroatoms. The Labute approximate surface area is 106 Å². The third kappa shape index (κ3) is 2.37. The van der Waals surface area contributed by atoms with Crippen LogP contribution in [0, 0.1) is 0 Å². The van der Waals surface area contributed by atoms with Crippen LogP contribution in [-0.2, 0) is 0 Å². The molecule has 1 unspecified atom stereocenters. The highest BCUT2D eigenvalue weighted by atomic mass is 32.2. The monoisotopic (exact) mass is 239 g/mol. The molecule has 0 spiro atoms. The van der Waals surface area contributed by atoms with Gasteiger partial charge < -0.3 is 5.32 Å². The van der Waals surface area contributed by atoms with E-state index in [1.165, 1.54) is 16.1 Å². The number of nitrogens with one attached hydrogen (secondary N) is 1. The van der Waals surface area contributed by atoms with Gasteiger partial charge in [-0.05, 0) is 17.7 Å². The third-order valence-corrected chi connectivity index (χ3v) is 3.84. The second-order valence-electron chi connectivity index (χ2n) is 3.95. The summed E-state index contributed by atoms with van der Waals surface area (Å²) in [6.45, 7) is 0. The molecule has 1 nitrogen and oxygen atoms in total. The SMILES string of the molecule is C(=CC1Nc2ccccc2S1)c1ccccc1. The van der Waals surface area contributed by atoms with Crippen LogP contribution in [0.4, 0.5) is 5.69 Å². The Morgan fingerprint density at radius 3 is 2.53 bits per heavy atom. The van der Waals surface area contributed by atoms with Crippen molar-refractivity contribution in [2.24, 2.45) is 0 Å². The van der Waals surface area contributed by atoms with E-state index in [4.69, 9.17) is 0 Å². The Bertz CT molecular complexity index is 509. The molecule has 1 atom stereocenters. The van der Waals surface area contributed by atoms with Gasteiger partial charge in [-0.2, -0.15) is 0 Å². The molecular formula is C15H13NS. The molecule has 0 fully saturated rings. The van der Waals surface area contributed by atoms with E-state index in [-0.39, 0.29) is 0 Å². The second-order valence-corrected chi connectivity index (χ2v) is 5.13. The van der Waals surface area contributed by atoms with E-state index < -0.39 is 0 Å². The summed E-state index contributed by atoms with van der Waals surface area (Å²) in [4.78, 5) is 1.33. The summed E-state index contributed by atoms with van der Waals surface area (Å²) in [5.41, 5.74) is 2.48. The highest BCUT2D eigenvalue weighted by molar-refractivity contribution is 8.00. The summed E-state index contributed by atoms with van der Waals surface area (Å²) in [7, 11) is 0. The van der Waals surface area contributed by atoms with Crippen LogP contribution >= 0.6 is 11.8 Å². The molecule has 2 aromatic carbocycles. The van der Waals surface area contributed by atoms with Gasteiger partial charge in [0.25, 0.3) is 0 Å². The normalized spacial score (nSPS) is 18.0. The van der Waals surface area contributed by atoms with Crippen LogP contribution in [0.25, 0.3) is 6.08 Å². The van der Waals surface area contributed by atoms with Crippen molar-refractivity contribution in [3.05, 3.63) is 66.2 Å². The van der Waals surface area contributed by atoms with Crippen molar-refractivity contribution >= 4 is 23.5 Å². The van der Waals surface area contributed by atoms with Crippen LogP contribution < -0.4 is 5.32 Å². The zero-order valence-electron chi connectivity index (χ0n) is 9.34. The maximum absolute atomic E-state index is 3.48. The molecule has 1 heterocycles. The third-order valence-electron chi connectivity index (χ3n) is 2.70. The van der Waals surface area contributed by atoms with E-state index in [0.29, 0.717) is 5.37 Å². The Balaban J connectivity index is 1.72. The quantitative estimate of drug-likeness (QED) is 0.841. The second kappa shape index (κ2) is 4.68. The Kier molecular flexibility index (Phi) is 2.88. The van der Waals surface area contributed by atoms with Crippen molar-refractivity contribution in [3.8, 4) is 0 Å². The van der Waals surface area contributed by atoms with Gasteiger partial charge in [-0.3, -0.25) is 0 Å². The first-order chi connectivity index (χ1) is 8.42. The largest absolute Gasteiger partial charge is 0.369 e. The van der Waals surface area contributed by atoms with Crippen molar-refractivity contribution < 1.29 is 0 Å². The number of thioether (sulfide) groups is 1. The van der Waals surface area contributed by atoms with Gasteiger partial charge in [-0.1, -0.05) is 66.4 Å². The lowest BCUT2D eigenvalue weighted by atomic mass is 10.2. The molecule has 0 amide bonds. The van der Waals surface area contributed by atoms with Crippen LogP contribution in [-0.4, -0.2) is 5.37 Å². The van der Waals surface area contributed by atoms with E-state index in [1.54, 1.807) is 0 Å². The van der Waals surface area contributed by atoms with Crippen LogP contribution in [0.1, 0.15) is 5.56 Å². The zero-order valence-corrected chi connectivity index (χ0v) is 10.2. The average molecular weight is 239 g/mol. The number of hydrogen-bond acceptors (Lipinski definition) is 2. The fourth-order valence-electron chi connectivity index (χ4n) is 1.86. The van der Waals surface area contributed by atoms with Crippen LogP contribution in [0.3, 0.4) is 0 Å². The highest BCUT2D eigenvalue weighted by Crippen LogP contribution is 2.38. The Morgan fingerprint density at radius 2 is 1.71 bits per heavy atom. The summed E-state index contributed by atoms with van der Waals surface area (Å²) in [6, 6.07) is 18.8. The molecule has 0 radical (unpaired) electrons. The molecule has 84 valence electrons. The van der Waals surface area contributed by atoms with Gasteiger partial charge in [0.2, 0.25) is 0 Å². The van der Waals surface area contributed by atoms with E-state index in [0.717, 1.165) is 0 Å². The molecule has 0 aliphatic carbocycles. The summed E-state index contributed by atoms with van der Waals surface area (Å²) >= 11 is 1.86. The minimum Gasteiger partial charge on any atom is -0.369 e. The molecule has 3 rings (SSSR count). The fraction of sp³-hybridized carbons (Fsp3) is 0.0667. The first-order valence-corrected chi connectivity index (χ1v) is 6.55. The standard InChI is InChI=1S/C15H13NS/c1-2-6-12(7-3-1)10-11-15-16-13-8-4-5-9-14(13)17-15/h1-11,15-16H. The van der Waals surface area contributed by atoms with Crippen molar-refractivity contribution in [1.82, 2.24) is 0 Å². The number of anilines is 1. The van der Waals surface area contributed by atoms with Crippen molar-refractivity contribution in [2.45, 2.75) is 10.3 Å². The van der Waals surface area contributed by atoms with Crippen molar-refractivity contribution in [1.29, 1.82) is 0 Å². The molecule has 0 aromatic heterocycles. The van der Waals surface area contributed by atoms with Gasteiger partial charge in [0, 0.05) is 10.6 Å². The van der Waals surface area contributed by atoms with E-state index in [9.17, 15) is 0 Å². The van der Waals surface area contributed by atoms with E-state index in [2.05, 4.69) is 66.0 Å². The lowest BCUT2D eigenvalue weighted by Gasteiger charge is -2.03. The van der Waals surface area contributed by atoms with E-state index in [1.807, 2.05) is 17.8 Å². The maximum Gasteiger partial charge on any atom is 0.0960 e. The van der Waals surface area contributed by atoms with Crippen LogP contribution in [0.15, 0.2) is 65.6 Å². The van der Waals surface area contributed by atoms with Gasteiger partial charge in [-0.15, -0.1) is 0 Å². The zero-order chi connectivity index (χ0) is 11.5. The van der Waals surface area contributed by atoms with Gasteiger partial charge in [0.1, 0.15) is 0 Å². The topological polar surface area (TPSA) is 12.0 Å². The summed E-state index contributed by atoms with van der Waals surface area (Å²) in [6.07, 6.45) is 4.37. The molecule has 17 heavy (non-hydrogen) atoms. The maximum atomic E-state index is 3.48. The lowest BCUT2D eigenvalue weighted by molar-refractivity contribution is 1.28. The first kappa shape index (κ1) is 10.5. The predicted molar refractivity (Wildman–Crippen MR) is 75.2 cm³/mol. The molecule has 2 aromatic rings. The minimum absolute atomic E-state index is 0.340. The summed E-state index contributed by atoms with van der Waals surface area (Å²) in [5.74, 6) is 0. The highest BCUT2D eigenvalue weighted by Gasteiger charge is 2.17. The molecule has 0 saturated carbocycles. The molecular weight excluding hydrogens is 226 g/mol. The predicted octanol–water partition coefficient (Wildman–Crippen LogP) is 4.24. The lowest BCUT2D eigenvalue weighted by Crippen LogP contribution is -2.05. The van der Waals surface area contributed by atoms with Gasteiger partial charge >= 0.3 is 0 Å². The number of benzene rings is 2. The summed E-state index contributed by atoms with van der Waals surface area (Å²) < 4.78 is 0. The number of hydrogen-bond donors (Lipinski definition) is 1. The molecule has 1 aliphatic heterocycles. The van der Waals surface area contributed by atoms with Gasteiger partial charge in [0.15, 0.2) is 0 Å². The molecule has 0 saturated heterocycles. The molecule has 0 bridgehead atoms. The van der Waals surface area contributed by atoms with Gasteiger partial charge in [-0.25, -0.2) is 0 Å². The Hall–Kier alpha value is -1.67. The smallest absolute Gasteiger partial charge is 0.0960 e. The van der Waals surface area contributed by atoms with E-state index >= 15 is 0 Å². The number of fused-ring (bicyclic) bond motifs is 1. The summed E-state index contributed by atoms with van der Waals surface area (Å²) in [5, 5.41) is 3.82. The molecule has 1 aliphatic rings. The van der Waals surface area contributed by atoms with Gasteiger partial charge in [0.05, 0.1) is 5.37 Å². The first-order valence-electron chi connectivity index (χ1n) is 5.67. The number of para-hydroxylation sites is 1. The van der Waals surface area contributed by atoms with Crippen molar-refractivity contribution in [2.75, 3.05) is 5.32 Å².